The zero-order valence-electron chi connectivity index (χ0n) is 10.5. The third kappa shape index (κ3) is 4.30. The van der Waals surface area contributed by atoms with Gasteiger partial charge in [0.25, 0.3) is 0 Å². The maximum Gasteiger partial charge on any atom is 0.0637 e. The molecule has 5 nitrogen and oxygen atoms in total. The standard InChI is InChI=1S/C12H21N3O2/c1-10(13)12-4-3-11(9-14-12)15(5-7-16)6-8-17-2/h3-4,9-10,16H,5-8,13H2,1-2H3/t10-/m0/s1. The van der Waals surface area contributed by atoms with Crippen LogP contribution in [0.3, 0.4) is 0 Å². The van der Waals surface area contributed by atoms with Crippen molar-refractivity contribution in [3.8, 4) is 0 Å². The lowest BCUT2D eigenvalue weighted by molar-refractivity contribution is 0.203. The van der Waals surface area contributed by atoms with Crippen molar-refractivity contribution in [3.63, 3.8) is 0 Å². The van der Waals surface area contributed by atoms with Crippen molar-refractivity contribution in [2.45, 2.75) is 13.0 Å². The first-order valence-electron chi connectivity index (χ1n) is 5.75. The maximum absolute atomic E-state index is 9.02. The summed E-state index contributed by atoms with van der Waals surface area (Å²) < 4.78 is 5.04. The molecule has 0 spiro atoms. The number of pyridine rings is 1. The monoisotopic (exact) mass is 239 g/mol. The van der Waals surface area contributed by atoms with Crippen molar-refractivity contribution in [1.82, 2.24) is 4.98 Å². The molecule has 0 amide bonds. The van der Waals surface area contributed by atoms with Crippen LogP contribution in [0.5, 0.6) is 0 Å². The van der Waals surface area contributed by atoms with Gasteiger partial charge in [-0.3, -0.25) is 4.98 Å². The zero-order chi connectivity index (χ0) is 12.7. The van der Waals surface area contributed by atoms with Gasteiger partial charge in [0.05, 0.1) is 30.8 Å². The molecule has 1 heterocycles. The summed E-state index contributed by atoms with van der Waals surface area (Å²) in [5.41, 5.74) is 7.58. The molecule has 0 unspecified atom stereocenters. The third-order valence-electron chi connectivity index (χ3n) is 2.54. The first kappa shape index (κ1) is 13.9. The number of methoxy groups -OCH3 is 1. The molecule has 1 aromatic heterocycles. The Morgan fingerprint density at radius 2 is 2.24 bits per heavy atom. The molecule has 0 aromatic carbocycles. The lowest BCUT2D eigenvalue weighted by atomic mass is 10.2. The fourth-order valence-corrected chi connectivity index (χ4v) is 1.55. The molecule has 0 saturated heterocycles. The highest BCUT2D eigenvalue weighted by atomic mass is 16.5. The molecule has 5 heteroatoms. The van der Waals surface area contributed by atoms with Crippen molar-refractivity contribution in [1.29, 1.82) is 0 Å². The number of hydrogen-bond donors (Lipinski definition) is 2. The molecule has 1 rings (SSSR count). The van der Waals surface area contributed by atoms with Crippen molar-refractivity contribution >= 4 is 5.69 Å². The maximum atomic E-state index is 9.02. The molecule has 0 fully saturated rings. The highest BCUT2D eigenvalue weighted by Crippen LogP contribution is 2.15. The van der Waals surface area contributed by atoms with Crippen LogP contribution in [0.15, 0.2) is 18.3 Å². The average Bonchev–Trinajstić information content (AvgIpc) is 2.34. The fourth-order valence-electron chi connectivity index (χ4n) is 1.55. The summed E-state index contributed by atoms with van der Waals surface area (Å²) in [6.45, 7) is 3.94. The average molecular weight is 239 g/mol. The first-order chi connectivity index (χ1) is 8.19. The van der Waals surface area contributed by atoms with Crippen LogP contribution in [-0.4, -0.2) is 43.5 Å². The van der Waals surface area contributed by atoms with E-state index in [-0.39, 0.29) is 12.6 Å². The molecule has 0 aliphatic heterocycles. The molecule has 17 heavy (non-hydrogen) atoms. The summed E-state index contributed by atoms with van der Waals surface area (Å²) in [5, 5.41) is 9.02. The number of aromatic nitrogens is 1. The molecular weight excluding hydrogens is 218 g/mol. The number of nitrogens with zero attached hydrogens (tertiary/aromatic N) is 2. The van der Waals surface area contributed by atoms with Crippen molar-refractivity contribution in [2.75, 3.05) is 38.3 Å². The molecule has 0 aliphatic rings. The summed E-state index contributed by atoms with van der Waals surface area (Å²) in [6.07, 6.45) is 1.78. The van der Waals surface area contributed by atoms with E-state index >= 15 is 0 Å². The SMILES string of the molecule is COCCN(CCO)c1ccc([C@H](C)N)nc1. The zero-order valence-corrected chi connectivity index (χ0v) is 10.5. The van der Waals surface area contributed by atoms with Crippen molar-refractivity contribution in [2.24, 2.45) is 5.73 Å². The van der Waals surface area contributed by atoms with E-state index < -0.39 is 0 Å². The largest absolute Gasteiger partial charge is 0.395 e. The summed E-state index contributed by atoms with van der Waals surface area (Å²) in [5.74, 6) is 0. The van der Waals surface area contributed by atoms with E-state index in [4.69, 9.17) is 15.6 Å². The summed E-state index contributed by atoms with van der Waals surface area (Å²) >= 11 is 0. The van der Waals surface area contributed by atoms with Crippen LogP contribution >= 0.6 is 0 Å². The minimum Gasteiger partial charge on any atom is -0.395 e. The topological polar surface area (TPSA) is 71.6 Å². The highest BCUT2D eigenvalue weighted by molar-refractivity contribution is 5.44. The van der Waals surface area contributed by atoms with E-state index in [1.165, 1.54) is 0 Å². The Labute approximate surface area is 102 Å². The second kappa shape index (κ2) is 7.21. The van der Waals surface area contributed by atoms with Gasteiger partial charge in [0.2, 0.25) is 0 Å². The quantitative estimate of drug-likeness (QED) is 0.727. The Bertz CT molecular complexity index is 314. The number of anilines is 1. The lowest BCUT2D eigenvalue weighted by Gasteiger charge is -2.23. The van der Waals surface area contributed by atoms with E-state index in [0.717, 1.165) is 17.9 Å². The second-order valence-corrected chi connectivity index (χ2v) is 3.93. The number of aliphatic hydroxyl groups is 1. The summed E-state index contributed by atoms with van der Waals surface area (Å²) in [6, 6.07) is 3.82. The van der Waals surface area contributed by atoms with Gasteiger partial charge in [0, 0.05) is 26.2 Å². The van der Waals surface area contributed by atoms with Gasteiger partial charge < -0.3 is 20.5 Å². The van der Waals surface area contributed by atoms with Gasteiger partial charge in [-0.2, -0.15) is 0 Å². The molecule has 0 aliphatic carbocycles. The number of nitrogens with two attached hydrogens (primary N) is 1. The summed E-state index contributed by atoms with van der Waals surface area (Å²) in [4.78, 5) is 6.33. The van der Waals surface area contributed by atoms with Gasteiger partial charge >= 0.3 is 0 Å². The molecular formula is C12H21N3O2. The van der Waals surface area contributed by atoms with Crippen LogP contribution in [0.1, 0.15) is 18.7 Å². The minimum atomic E-state index is -0.0608. The van der Waals surface area contributed by atoms with Crippen molar-refractivity contribution < 1.29 is 9.84 Å². The Kier molecular flexibility index (Phi) is 5.90. The Hall–Kier alpha value is -1.17. The fraction of sp³-hybridized carbons (Fsp3) is 0.583. The normalized spacial score (nSPS) is 12.5. The third-order valence-corrected chi connectivity index (χ3v) is 2.54. The van der Waals surface area contributed by atoms with E-state index in [2.05, 4.69) is 4.98 Å². The number of hydrogen-bond acceptors (Lipinski definition) is 5. The van der Waals surface area contributed by atoms with E-state index in [9.17, 15) is 0 Å². The van der Waals surface area contributed by atoms with Gasteiger partial charge in [-0.05, 0) is 19.1 Å². The van der Waals surface area contributed by atoms with Crippen LogP contribution in [0, 0.1) is 0 Å². The van der Waals surface area contributed by atoms with Crippen LogP contribution in [0.25, 0.3) is 0 Å². The van der Waals surface area contributed by atoms with E-state index in [1.807, 2.05) is 24.0 Å². The van der Waals surface area contributed by atoms with E-state index in [1.54, 1.807) is 13.3 Å². The number of aliphatic hydroxyl groups excluding tert-OH is 1. The lowest BCUT2D eigenvalue weighted by Crippen LogP contribution is -2.30. The summed E-state index contributed by atoms with van der Waals surface area (Å²) in [7, 11) is 1.66. The van der Waals surface area contributed by atoms with Gasteiger partial charge in [-0.25, -0.2) is 0 Å². The highest BCUT2D eigenvalue weighted by Gasteiger charge is 2.07. The van der Waals surface area contributed by atoms with Gasteiger partial charge in [-0.15, -0.1) is 0 Å². The van der Waals surface area contributed by atoms with Crippen molar-refractivity contribution in [3.05, 3.63) is 24.0 Å². The van der Waals surface area contributed by atoms with Gasteiger partial charge in [0.1, 0.15) is 0 Å². The predicted octanol–water partition coefficient (Wildman–Crippen LogP) is 0.546. The van der Waals surface area contributed by atoms with Crippen LogP contribution in [0.4, 0.5) is 5.69 Å². The predicted molar refractivity (Wildman–Crippen MR) is 68.0 cm³/mol. The smallest absolute Gasteiger partial charge is 0.0637 e. The molecule has 1 aromatic rings. The second-order valence-electron chi connectivity index (χ2n) is 3.93. The molecule has 3 N–H and O–H groups in total. The Morgan fingerprint density at radius 1 is 1.47 bits per heavy atom. The van der Waals surface area contributed by atoms with Crippen LogP contribution in [-0.2, 0) is 4.74 Å². The first-order valence-corrected chi connectivity index (χ1v) is 5.75. The Morgan fingerprint density at radius 3 is 2.71 bits per heavy atom. The molecule has 1 atom stereocenters. The molecule has 0 radical (unpaired) electrons. The number of rotatable bonds is 7. The molecule has 0 saturated carbocycles. The van der Waals surface area contributed by atoms with Crippen LogP contribution < -0.4 is 10.6 Å². The van der Waals surface area contributed by atoms with Gasteiger partial charge in [0.15, 0.2) is 0 Å². The Balaban J connectivity index is 2.72. The van der Waals surface area contributed by atoms with Gasteiger partial charge in [-0.1, -0.05) is 0 Å². The molecule has 0 bridgehead atoms. The minimum absolute atomic E-state index is 0.0608. The van der Waals surface area contributed by atoms with Crippen LogP contribution in [0.2, 0.25) is 0 Å². The van der Waals surface area contributed by atoms with E-state index in [0.29, 0.717) is 13.2 Å². The number of ether oxygens (including phenoxy) is 1. The molecule has 96 valence electrons.